The molecule has 0 aliphatic rings. The van der Waals surface area contributed by atoms with E-state index >= 15 is 0 Å². The largest absolute Gasteiger partial charge is 0.480 e. The summed E-state index contributed by atoms with van der Waals surface area (Å²) >= 11 is 1.16. The van der Waals surface area contributed by atoms with Crippen molar-refractivity contribution in [2.45, 2.75) is 38.4 Å². The molecule has 0 aromatic heterocycles. The van der Waals surface area contributed by atoms with Gasteiger partial charge in [0.25, 0.3) is 0 Å². The Hall–Kier alpha value is -1.49. The average molecular weight is 295 g/mol. The van der Waals surface area contributed by atoms with E-state index in [4.69, 9.17) is 5.11 Å². The first-order valence-corrected chi connectivity index (χ1v) is 7.73. The van der Waals surface area contributed by atoms with Crippen LogP contribution in [-0.4, -0.2) is 28.0 Å². The van der Waals surface area contributed by atoms with E-state index in [2.05, 4.69) is 19.2 Å². The molecule has 1 atom stereocenters. The summed E-state index contributed by atoms with van der Waals surface area (Å²) < 4.78 is 0. The van der Waals surface area contributed by atoms with Gasteiger partial charge in [0.2, 0.25) is 5.91 Å². The maximum absolute atomic E-state index is 11.9. The highest BCUT2D eigenvalue weighted by atomic mass is 32.2. The highest BCUT2D eigenvalue weighted by molar-refractivity contribution is 8.01. The molecule has 0 aliphatic carbocycles. The summed E-state index contributed by atoms with van der Waals surface area (Å²) in [5.74, 6) is -0.561. The molecule has 0 aliphatic heterocycles. The van der Waals surface area contributed by atoms with Crippen LogP contribution in [0.1, 0.15) is 38.7 Å². The minimum absolute atomic E-state index is 0.150. The van der Waals surface area contributed by atoms with Crippen LogP contribution in [0.5, 0.6) is 0 Å². The van der Waals surface area contributed by atoms with Gasteiger partial charge in [-0.15, -0.1) is 11.8 Å². The third kappa shape index (κ3) is 4.89. The van der Waals surface area contributed by atoms with Gasteiger partial charge in [-0.25, -0.2) is 0 Å². The van der Waals surface area contributed by atoms with Crippen molar-refractivity contribution in [3.8, 4) is 0 Å². The quantitative estimate of drug-likeness (QED) is 0.809. The van der Waals surface area contributed by atoms with Gasteiger partial charge in [0, 0.05) is 5.69 Å². The normalized spacial score (nSPS) is 12.2. The SMILES string of the molecule is CCC(SCC(=O)Nc1ccccc1C(C)C)C(=O)O. The number of hydrogen-bond donors (Lipinski definition) is 2. The summed E-state index contributed by atoms with van der Waals surface area (Å²) in [6.45, 7) is 5.94. The van der Waals surface area contributed by atoms with E-state index in [1.807, 2.05) is 24.3 Å². The van der Waals surface area contributed by atoms with Gasteiger partial charge in [0.15, 0.2) is 0 Å². The fraction of sp³-hybridized carbons (Fsp3) is 0.467. The minimum Gasteiger partial charge on any atom is -0.480 e. The Bertz CT molecular complexity index is 474. The zero-order chi connectivity index (χ0) is 15.1. The van der Waals surface area contributed by atoms with Crippen LogP contribution in [0.25, 0.3) is 0 Å². The number of carbonyl (C=O) groups excluding carboxylic acids is 1. The molecule has 1 unspecified atom stereocenters. The maximum Gasteiger partial charge on any atom is 0.316 e. The fourth-order valence-electron chi connectivity index (χ4n) is 1.84. The Balaban J connectivity index is 2.61. The van der Waals surface area contributed by atoms with Gasteiger partial charge in [-0.3, -0.25) is 9.59 Å². The molecule has 0 fully saturated rings. The fourth-order valence-corrected chi connectivity index (χ4v) is 2.64. The molecule has 2 N–H and O–H groups in total. The summed E-state index contributed by atoms with van der Waals surface area (Å²) in [4.78, 5) is 22.8. The van der Waals surface area contributed by atoms with Crippen molar-refractivity contribution in [1.82, 2.24) is 0 Å². The third-order valence-electron chi connectivity index (χ3n) is 2.92. The molecule has 0 radical (unpaired) electrons. The van der Waals surface area contributed by atoms with Crippen LogP contribution in [0.3, 0.4) is 0 Å². The maximum atomic E-state index is 11.9. The number of rotatable bonds is 7. The topological polar surface area (TPSA) is 66.4 Å². The lowest BCUT2D eigenvalue weighted by Gasteiger charge is -2.14. The van der Waals surface area contributed by atoms with E-state index in [0.29, 0.717) is 12.3 Å². The molecule has 0 saturated carbocycles. The second-order valence-electron chi connectivity index (χ2n) is 4.84. The third-order valence-corrected chi connectivity index (χ3v) is 4.28. The van der Waals surface area contributed by atoms with Crippen LogP contribution in [-0.2, 0) is 9.59 Å². The minimum atomic E-state index is -0.868. The lowest BCUT2D eigenvalue weighted by molar-refractivity contribution is -0.136. The number of carbonyl (C=O) groups is 2. The van der Waals surface area contributed by atoms with Crippen molar-refractivity contribution in [1.29, 1.82) is 0 Å². The van der Waals surface area contributed by atoms with E-state index < -0.39 is 11.2 Å². The lowest BCUT2D eigenvalue weighted by atomic mass is 10.0. The van der Waals surface area contributed by atoms with Gasteiger partial charge >= 0.3 is 5.97 Å². The lowest BCUT2D eigenvalue weighted by Crippen LogP contribution is -2.21. The molecule has 4 nitrogen and oxygen atoms in total. The van der Waals surface area contributed by atoms with Crippen LogP contribution in [0.15, 0.2) is 24.3 Å². The van der Waals surface area contributed by atoms with E-state index in [1.54, 1.807) is 6.92 Å². The van der Waals surface area contributed by atoms with Crippen LogP contribution >= 0.6 is 11.8 Å². The number of benzene rings is 1. The van der Waals surface area contributed by atoms with Crippen LogP contribution in [0.4, 0.5) is 5.69 Å². The van der Waals surface area contributed by atoms with Crippen LogP contribution in [0, 0.1) is 0 Å². The van der Waals surface area contributed by atoms with E-state index in [1.165, 1.54) is 0 Å². The first kappa shape index (κ1) is 16.6. The number of para-hydroxylation sites is 1. The van der Waals surface area contributed by atoms with E-state index in [0.717, 1.165) is 23.0 Å². The number of carboxylic acids is 1. The standard InChI is InChI=1S/C15H21NO3S/c1-4-13(15(18)19)20-9-14(17)16-12-8-6-5-7-11(12)10(2)3/h5-8,10,13H,4,9H2,1-3H3,(H,16,17)(H,18,19). The van der Waals surface area contributed by atoms with Gasteiger partial charge in [0.05, 0.1) is 5.75 Å². The number of nitrogens with one attached hydrogen (secondary N) is 1. The number of aliphatic carboxylic acids is 1. The zero-order valence-electron chi connectivity index (χ0n) is 12.1. The smallest absolute Gasteiger partial charge is 0.316 e. The Morgan fingerprint density at radius 2 is 1.95 bits per heavy atom. The number of amides is 1. The van der Waals surface area contributed by atoms with E-state index in [-0.39, 0.29) is 11.7 Å². The second-order valence-corrected chi connectivity index (χ2v) is 6.03. The number of anilines is 1. The molecule has 1 amide bonds. The Labute approximate surface area is 124 Å². The van der Waals surface area contributed by atoms with Crippen molar-refractivity contribution in [2.24, 2.45) is 0 Å². The summed E-state index contributed by atoms with van der Waals surface area (Å²) in [5.41, 5.74) is 1.88. The van der Waals surface area contributed by atoms with Gasteiger partial charge in [-0.1, -0.05) is 39.0 Å². The van der Waals surface area contributed by atoms with Crippen LogP contribution in [0.2, 0.25) is 0 Å². The van der Waals surface area contributed by atoms with Gasteiger partial charge in [-0.05, 0) is 24.0 Å². The van der Waals surface area contributed by atoms with Crippen molar-refractivity contribution < 1.29 is 14.7 Å². The Morgan fingerprint density at radius 3 is 2.50 bits per heavy atom. The van der Waals surface area contributed by atoms with Crippen molar-refractivity contribution in [2.75, 3.05) is 11.1 Å². The van der Waals surface area contributed by atoms with Gasteiger partial charge in [-0.2, -0.15) is 0 Å². The molecule has 5 heteroatoms. The van der Waals surface area contributed by atoms with Crippen molar-refractivity contribution in [3.05, 3.63) is 29.8 Å². The summed E-state index contributed by atoms with van der Waals surface area (Å²) in [6, 6.07) is 7.67. The van der Waals surface area contributed by atoms with Gasteiger partial charge < -0.3 is 10.4 Å². The molecule has 20 heavy (non-hydrogen) atoms. The first-order chi connectivity index (χ1) is 9.45. The van der Waals surface area contributed by atoms with Crippen LogP contribution < -0.4 is 5.32 Å². The predicted molar refractivity (Wildman–Crippen MR) is 83.3 cm³/mol. The van der Waals surface area contributed by atoms with E-state index in [9.17, 15) is 9.59 Å². The first-order valence-electron chi connectivity index (χ1n) is 6.68. The van der Waals surface area contributed by atoms with Crippen molar-refractivity contribution >= 4 is 29.3 Å². The summed E-state index contributed by atoms with van der Waals surface area (Å²) in [7, 11) is 0. The second kappa shape index (κ2) is 7.94. The molecule has 0 heterocycles. The molecule has 0 bridgehead atoms. The Kier molecular flexibility index (Phi) is 6.58. The summed E-state index contributed by atoms with van der Waals surface area (Å²) in [6.07, 6.45) is 0.510. The average Bonchev–Trinajstić information content (AvgIpc) is 2.39. The Morgan fingerprint density at radius 1 is 1.30 bits per heavy atom. The molecule has 1 aromatic rings. The monoisotopic (exact) mass is 295 g/mol. The number of hydrogen-bond acceptors (Lipinski definition) is 3. The van der Waals surface area contributed by atoms with Crippen molar-refractivity contribution in [3.63, 3.8) is 0 Å². The molecular weight excluding hydrogens is 274 g/mol. The number of carboxylic acid groups (broad SMARTS) is 1. The molecule has 0 spiro atoms. The molecule has 1 aromatic carbocycles. The zero-order valence-corrected chi connectivity index (χ0v) is 12.9. The highest BCUT2D eigenvalue weighted by Gasteiger charge is 2.17. The number of thioether (sulfide) groups is 1. The highest BCUT2D eigenvalue weighted by Crippen LogP contribution is 2.24. The summed E-state index contributed by atoms with van der Waals surface area (Å²) in [5, 5.41) is 11.3. The van der Waals surface area contributed by atoms with Gasteiger partial charge in [0.1, 0.15) is 5.25 Å². The molecule has 0 saturated heterocycles. The molecule has 1 rings (SSSR count). The predicted octanol–water partition coefficient (Wildman–Crippen LogP) is 3.34. The molecule has 110 valence electrons. The molecular formula is C15H21NO3S.